The molecule has 9 heteroatoms. The van der Waals surface area contributed by atoms with E-state index >= 15 is 0 Å². The normalized spacial score (nSPS) is 27.1. The molecule has 5 rings (SSSR count). The maximum Gasteiger partial charge on any atom is 0.243 e. The van der Waals surface area contributed by atoms with Crippen LogP contribution in [0.2, 0.25) is 0 Å². The highest BCUT2D eigenvalue weighted by atomic mass is 32.2. The second kappa shape index (κ2) is 9.19. The standard InChI is InChI=1S/C23H33N3O5S/c27-23(26-9-3-5-18-4-1-2-6-20(18)26)17-24-10-12-25(13-11-24)32(28,29)19-7-8-21-22(16-19)31-15-14-30-21/h7-8,16,18,20H,1-6,9-15,17H2/t18-,20-/m0/s1. The second-order valence-electron chi connectivity index (χ2n) is 9.33. The highest BCUT2D eigenvalue weighted by molar-refractivity contribution is 7.89. The van der Waals surface area contributed by atoms with Crippen LogP contribution in [-0.4, -0.2) is 87.0 Å². The Morgan fingerprint density at radius 1 is 0.906 bits per heavy atom. The molecule has 1 saturated carbocycles. The molecule has 1 aromatic carbocycles. The third kappa shape index (κ3) is 4.34. The average Bonchev–Trinajstić information content (AvgIpc) is 2.83. The molecule has 176 valence electrons. The highest BCUT2D eigenvalue weighted by Crippen LogP contribution is 2.36. The molecule has 3 fully saturated rings. The molecule has 0 bridgehead atoms. The van der Waals surface area contributed by atoms with Gasteiger partial charge in [0.15, 0.2) is 11.5 Å². The fraction of sp³-hybridized carbons (Fsp3) is 0.696. The number of piperazine rings is 1. The van der Waals surface area contributed by atoms with Crippen molar-refractivity contribution < 1.29 is 22.7 Å². The van der Waals surface area contributed by atoms with Crippen LogP contribution < -0.4 is 9.47 Å². The molecule has 1 amide bonds. The first-order chi connectivity index (χ1) is 15.5. The molecule has 0 aromatic heterocycles. The molecule has 0 radical (unpaired) electrons. The largest absolute Gasteiger partial charge is 0.486 e. The minimum absolute atomic E-state index is 0.213. The minimum atomic E-state index is -3.61. The number of carbonyl (C=O) groups excluding carboxylic acids is 1. The predicted octanol–water partition coefficient (Wildman–Crippen LogP) is 1.95. The molecule has 3 heterocycles. The van der Waals surface area contributed by atoms with E-state index in [2.05, 4.69) is 9.80 Å². The lowest BCUT2D eigenvalue weighted by molar-refractivity contribution is -0.139. The van der Waals surface area contributed by atoms with Crippen LogP contribution in [0, 0.1) is 5.92 Å². The van der Waals surface area contributed by atoms with E-state index in [-0.39, 0.29) is 10.8 Å². The topological polar surface area (TPSA) is 79.4 Å². The van der Waals surface area contributed by atoms with Crippen LogP contribution in [0.3, 0.4) is 0 Å². The monoisotopic (exact) mass is 463 g/mol. The summed E-state index contributed by atoms with van der Waals surface area (Å²) in [5.41, 5.74) is 0. The summed E-state index contributed by atoms with van der Waals surface area (Å²) >= 11 is 0. The third-order valence-corrected chi connectivity index (χ3v) is 9.30. The number of carbonyl (C=O) groups is 1. The van der Waals surface area contributed by atoms with Crippen molar-refractivity contribution in [1.82, 2.24) is 14.1 Å². The Bertz CT molecular complexity index is 943. The fourth-order valence-electron chi connectivity index (χ4n) is 5.68. The molecular formula is C23H33N3O5S. The maximum atomic E-state index is 13.1. The Hall–Kier alpha value is -1.84. The first kappa shape index (κ1) is 22.0. The maximum absolute atomic E-state index is 13.1. The van der Waals surface area contributed by atoms with E-state index in [0.717, 1.165) is 19.4 Å². The zero-order valence-electron chi connectivity index (χ0n) is 18.6. The number of sulfonamides is 1. The van der Waals surface area contributed by atoms with E-state index < -0.39 is 10.0 Å². The van der Waals surface area contributed by atoms with Gasteiger partial charge in [-0.25, -0.2) is 8.42 Å². The van der Waals surface area contributed by atoms with Crippen molar-refractivity contribution in [1.29, 1.82) is 0 Å². The number of hydrogen-bond acceptors (Lipinski definition) is 6. The summed E-state index contributed by atoms with van der Waals surface area (Å²) < 4.78 is 38.8. The van der Waals surface area contributed by atoms with Crippen molar-refractivity contribution in [3.63, 3.8) is 0 Å². The number of fused-ring (bicyclic) bond motifs is 2. The molecule has 4 aliphatic rings. The lowest BCUT2D eigenvalue weighted by Crippen LogP contribution is -2.55. The number of piperidine rings is 1. The Labute approximate surface area is 190 Å². The Morgan fingerprint density at radius 2 is 1.62 bits per heavy atom. The van der Waals surface area contributed by atoms with Gasteiger partial charge in [-0.1, -0.05) is 12.8 Å². The van der Waals surface area contributed by atoms with E-state index in [1.165, 1.54) is 30.0 Å². The molecule has 32 heavy (non-hydrogen) atoms. The first-order valence-electron chi connectivity index (χ1n) is 11.9. The minimum Gasteiger partial charge on any atom is -0.486 e. The van der Waals surface area contributed by atoms with Gasteiger partial charge in [-0.05, 0) is 43.7 Å². The molecule has 1 aliphatic carbocycles. The van der Waals surface area contributed by atoms with E-state index in [9.17, 15) is 13.2 Å². The van der Waals surface area contributed by atoms with Crippen molar-refractivity contribution in [2.24, 2.45) is 5.92 Å². The average molecular weight is 464 g/mol. The number of hydrogen-bond donors (Lipinski definition) is 0. The van der Waals surface area contributed by atoms with Gasteiger partial charge in [-0.3, -0.25) is 9.69 Å². The summed E-state index contributed by atoms with van der Waals surface area (Å²) in [5, 5.41) is 0. The lowest BCUT2D eigenvalue weighted by Gasteiger charge is -2.45. The van der Waals surface area contributed by atoms with Gasteiger partial charge >= 0.3 is 0 Å². The zero-order chi connectivity index (χ0) is 22.1. The Balaban J connectivity index is 1.18. The highest BCUT2D eigenvalue weighted by Gasteiger charge is 2.37. The predicted molar refractivity (Wildman–Crippen MR) is 119 cm³/mol. The number of nitrogens with zero attached hydrogens (tertiary/aromatic N) is 3. The van der Waals surface area contributed by atoms with Crippen molar-refractivity contribution >= 4 is 15.9 Å². The van der Waals surface area contributed by atoms with Crippen LogP contribution in [0.4, 0.5) is 0 Å². The van der Waals surface area contributed by atoms with Crippen molar-refractivity contribution in [3.8, 4) is 11.5 Å². The van der Waals surface area contributed by atoms with Crippen LogP contribution in [-0.2, 0) is 14.8 Å². The summed E-state index contributed by atoms with van der Waals surface area (Å²) in [7, 11) is -3.61. The van der Waals surface area contributed by atoms with Crippen LogP contribution in [0.1, 0.15) is 38.5 Å². The van der Waals surface area contributed by atoms with Crippen LogP contribution in [0.25, 0.3) is 0 Å². The van der Waals surface area contributed by atoms with Crippen molar-refractivity contribution in [3.05, 3.63) is 18.2 Å². The van der Waals surface area contributed by atoms with Gasteiger partial charge in [0.2, 0.25) is 15.9 Å². The van der Waals surface area contributed by atoms with E-state index in [1.807, 2.05) is 0 Å². The molecule has 8 nitrogen and oxygen atoms in total. The summed E-state index contributed by atoms with van der Waals surface area (Å²) in [5.74, 6) is 1.94. The van der Waals surface area contributed by atoms with Gasteiger partial charge in [0.1, 0.15) is 13.2 Å². The molecule has 3 aliphatic heterocycles. The molecule has 1 aromatic rings. The smallest absolute Gasteiger partial charge is 0.243 e. The number of likely N-dealkylation sites (tertiary alicyclic amines) is 1. The summed E-state index contributed by atoms with van der Waals surface area (Å²) in [6, 6.07) is 5.21. The van der Waals surface area contributed by atoms with Gasteiger partial charge in [-0.15, -0.1) is 0 Å². The Kier molecular flexibility index (Phi) is 6.31. The molecular weight excluding hydrogens is 430 g/mol. The quantitative estimate of drug-likeness (QED) is 0.679. The molecule has 2 saturated heterocycles. The number of rotatable bonds is 4. The van der Waals surface area contributed by atoms with Gasteiger partial charge in [0, 0.05) is 44.8 Å². The van der Waals surface area contributed by atoms with E-state index in [4.69, 9.17) is 9.47 Å². The van der Waals surface area contributed by atoms with Gasteiger partial charge in [0.25, 0.3) is 0 Å². The van der Waals surface area contributed by atoms with Gasteiger partial charge in [0.05, 0.1) is 11.4 Å². The van der Waals surface area contributed by atoms with Crippen molar-refractivity contribution in [2.45, 2.75) is 49.5 Å². The summed E-state index contributed by atoms with van der Waals surface area (Å²) in [4.78, 5) is 17.5. The van der Waals surface area contributed by atoms with E-state index in [1.54, 1.807) is 18.2 Å². The molecule has 2 atom stereocenters. The van der Waals surface area contributed by atoms with Gasteiger partial charge in [-0.2, -0.15) is 4.31 Å². The Morgan fingerprint density at radius 3 is 2.44 bits per heavy atom. The van der Waals surface area contributed by atoms with Crippen molar-refractivity contribution in [2.75, 3.05) is 52.5 Å². The van der Waals surface area contributed by atoms with Crippen LogP contribution in [0.5, 0.6) is 11.5 Å². The third-order valence-electron chi connectivity index (χ3n) is 7.41. The SMILES string of the molecule is O=C(CN1CCN(S(=O)(=O)c2ccc3c(c2)OCCO3)CC1)N1CCC[C@@H]2CCCC[C@@H]21. The van der Waals surface area contributed by atoms with E-state index in [0.29, 0.717) is 69.4 Å². The molecule has 0 spiro atoms. The molecule has 0 unspecified atom stereocenters. The summed E-state index contributed by atoms with van der Waals surface area (Å²) in [6.07, 6.45) is 7.27. The number of amides is 1. The fourth-order valence-corrected chi connectivity index (χ4v) is 7.12. The first-order valence-corrected chi connectivity index (χ1v) is 13.4. The molecule has 0 N–H and O–H groups in total. The second-order valence-corrected chi connectivity index (χ2v) is 11.3. The number of ether oxygens (including phenoxy) is 2. The van der Waals surface area contributed by atoms with Gasteiger partial charge < -0.3 is 14.4 Å². The van der Waals surface area contributed by atoms with Crippen LogP contribution in [0.15, 0.2) is 23.1 Å². The number of benzene rings is 1. The van der Waals surface area contributed by atoms with Crippen LogP contribution >= 0.6 is 0 Å². The summed E-state index contributed by atoms with van der Waals surface area (Å²) in [6.45, 7) is 4.06. The zero-order valence-corrected chi connectivity index (χ0v) is 19.4. The lowest BCUT2D eigenvalue weighted by atomic mass is 9.78.